The molecule has 2 nitrogen and oxygen atoms in total. The SMILES string of the molecule is CCC(C)c1cccc(C=O)c1O. The van der Waals surface area contributed by atoms with E-state index in [1.165, 1.54) is 0 Å². The summed E-state index contributed by atoms with van der Waals surface area (Å²) in [5.74, 6) is 0.423. The van der Waals surface area contributed by atoms with E-state index in [9.17, 15) is 9.90 Å². The Morgan fingerprint density at radius 2 is 2.23 bits per heavy atom. The van der Waals surface area contributed by atoms with E-state index in [-0.39, 0.29) is 5.75 Å². The maximum absolute atomic E-state index is 10.5. The van der Waals surface area contributed by atoms with E-state index in [1.807, 2.05) is 13.0 Å². The van der Waals surface area contributed by atoms with Gasteiger partial charge in [-0.15, -0.1) is 0 Å². The average molecular weight is 178 g/mol. The predicted molar refractivity (Wildman–Crippen MR) is 52.2 cm³/mol. The maximum atomic E-state index is 10.5. The van der Waals surface area contributed by atoms with Crippen LogP contribution in [0, 0.1) is 0 Å². The second-order valence-electron chi connectivity index (χ2n) is 3.21. The first-order valence-corrected chi connectivity index (χ1v) is 4.47. The Labute approximate surface area is 78.2 Å². The first-order valence-electron chi connectivity index (χ1n) is 4.47. The van der Waals surface area contributed by atoms with Gasteiger partial charge in [-0.2, -0.15) is 0 Å². The van der Waals surface area contributed by atoms with Gasteiger partial charge < -0.3 is 5.11 Å². The summed E-state index contributed by atoms with van der Waals surface area (Å²) in [6, 6.07) is 5.27. The monoisotopic (exact) mass is 178 g/mol. The Bertz CT molecular complexity index is 305. The van der Waals surface area contributed by atoms with Crippen LogP contribution in [-0.2, 0) is 0 Å². The number of carbonyl (C=O) groups excluding carboxylic acids is 1. The van der Waals surface area contributed by atoms with Crippen molar-refractivity contribution >= 4 is 6.29 Å². The number of benzene rings is 1. The van der Waals surface area contributed by atoms with E-state index < -0.39 is 0 Å². The first kappa shape index (κ1) is 9.78. The fourth-order valence-corrected chi connectivity index (χ4v) is 1.29. The van der Waals surface area contributed by atoms with Crippen molar-refractivity contribution in [1.29, 1.82) is 0 Å². The quantitative estimate of drug-likeness (QED) is 0.722. The number of hydrogen-bond acceptors (Lipinski definition) is 2. The summed E-state index contributed by atoms with van der Waals surface area (Å²) in [7, 11) is 0. The lowest BCUT2D eigenvalue weighted by atomic mass is 9.96. The van der Waals surface area contributed by atoms with Crippen molar-refractivity contribution in [1.82, 2.24) is 0 Å². The standard InChI is InChI=1S/C11H14O2/c1-3-8(2)10-6-4-5-9(7-12)11(10)13/h4-8,13H,3H2,1-2H3. The van der Waals surface area contributed by atoms with E-state index in [0.29, 0.717) is 17.8 Å². The van der Waals surface area contributed by atoms with Gasteiger partial charge in [0, 0.05) is 0 Å². The zero-order valence-corrected chi connectivity index (χ0v) is 7.95. The Kier molecular flexibility index (Phi) is 3.07. The van der Waals surface area contributed by atoms with Gasteiger partial charge in [-0.1, -0.05) is 26.0 Å². The fourth-order valence-electron chi connectivity index (χ4n) is 1.29. The molecule has 70 valence electrons. The third-order valence-electron chi connectivity index (χ3n) is 2.37. The minimum atomic E-state index is 0.131. The summed E-state index contributed by atoms with van der Waals surface area (Å²) >= 11 is 0. The van der Waals surface area contributed by atoms with Crippen molar-refractivity contribution < 1.29 is 9.90 Å². The predicted octanol–water partition coefficient (Wildman–Crippen LogP) is 2.72. The molecule has 0 fully saturated rings. The molecular weight excluding hydrogens is 164 g/mol. The molecule has 1 unspecified atom stereocenters. The largest absolute Gasteiger partial charge is 0.507 e. The highest BCUT2D eigenvalue weighted by molar-refractivity contribution is 5.80. The Morgan fingerprint density at radius 3 is 2.77 bits per heavy atom. The molecule has 0 saturated carbocycles. The molecule has 1 rings (SSSR count). The highest BCUT2D eigenvalue weighted by Crippen LogP contribution is 2.29. The molecule has 0 aliphatic heterocycles. The summed E-state index contributed by atoms with van der Waals surface area (Å²) in [5.41, 5.74) is 1.23. The van der Waals surface area contributed by atoms with Crippen LogP contribution in [0.3, 0.4) is 0 Å². The van der Waals surface area contributed by atoms with Crippen molar-refractivity contribution in [3.63, 3.8) is 0 Å². The topological polar surface area (TPSA) is 37.3 Å². The van der Waals surface area contributed by atoms with Gasteiger partial charge in [-0.3, -0.25) is 4.79 Å². The third-order valence-corrected chi connectivity index (χ3v) is 2.37. The second-order valence-corrected chi connectivity index (χ2v) is 3.21. The maximum Gasteiger partial charge on any atom is 0.153 e. The van der Waals surface area contributed by atoms with Gasteiger partial charge in [0.05, 0.1) is 5.56 Å². The molecule has 0 spiro atoms. The molecule has 1 aromatic carbocycles. The highest BCUT2D eigenvalue weighted by atomic mass is 16.3. The molecule has 0 aromatic heterocycles. The zero-order valence-electron chi connectivity index (χ0n) is 7.95. The lowest BCUT2D eigenvalue weighted by molar-refractivity contribution is 0.112. The van der Waals surface area contributed by atoms with Crippen LogP contribution in [0.15, 0.2) is 18.2 Å². The van der Waals surface area contributed by atoms with E-state index >= 15 is 0 Å². The molecular formula is C11H14O2. The summed E-state index contributed by atoms with van der Waals surface area (Å²) in [6.07, 6.45) is 1.64. The summed E-state index contributed by atoms with van der Waals surface area (Å²) in [4.78, 5) is 10.5. The van der Waals surface area contributed by atoms with Crippen LogP contribution in [0.25, 0.3) is 0 Å². The lowest BCUT2D eigenvalue weighted by Crippen LogP contribution is -1.94. The molecule has 0 amide bonds. The van der Waals surface area contributed by atoms with E-state index in [4.69, 9.17) is 0 Å². The Balaban J connectivity index is 3.15. The van der Waals surface area contributed by atoms with Crippen LogP contribution in [0.5, 0.6) is 5.75 Å². The van der Waals surface area contributed by atoms with Gasteiger partial charge in [0.15, 0.2) is 6.29 Å². The minimum absolute atomic E-state index is 0.131. The number of phenolic OH excluding ortho intramolecular Hbond substituents is 1. The summed E-state index contributed by atoms with van der Waals surface area (Å²) < 4.78 is 0. The normalized spacial score (nSPS) is 12.5. The number of hydrogen-bond donors (Lipinski definition) is 1. The van der Waals surface area contributed by atoms with Crippen molar-refractivity contribution in [2.24, 2.45) is 0 Å². The van der Waals surface area contributed by atoms with E-state index in [1.54, 1.807) is 12.1 Å². The van der Waals surface area contributed by atoms with Gasteiger partial charge in [-0.25, -0.2) is 0 Å². The van der Waals surface area contributed by atoms with Crippen LogP contribution >= 0.6 is 0 Å². The zero-order chi connectivity index (χ0) is 9.84. The molecule has 1 aromatic rings. The molecule has 13 heavy (non-hydrogen) atoms. The van der Waals surface area contributed by atoms with Gasteiger partial charge in [-0.05, 0) is 24.0 Å². The van der Waals surface area contributed by atoms with E-state index in [0.717, 1.165) is 12.0 Å². The van der Waals surface area contributed by atoms with Crippen molar-refractivity contribution in [3.8, 4) is 5.75 Å². The number of phenols is 1. The number of carbonyl (C=O) groups is 1. The molecule has 1 N–H and O–H groups in total. The minimum Gasteiger partial charge on any atom is -0.507 e. The summed E-state index contributed by atoms with van der Waals surface area (Å²) in [5, 5.41) is 9.66. The Hall–Kier alpha value is -1.31. The Morgan fingerprint density at radius 1 is 1.54 bits per heavy atom. The molecule has 0 radical (unpaired) electrons. The van der Waals surface area contributed by atoms with Gasteiger partial charge >= 0.3 is 0 Å². The van der Waals surface area contributed by atoms with Crippen molar-refractivity contribution in [2.45, 2.75) is 26.2 Å². The van der Waals surface area contributed by atoms with Crippen LogP contribution in [0.4, 0.5) is 0 Å². The number of para-hydroxylation sites is 1. The average Bonchev–Trinajstić information content (AvgIpc) is 2.17. The van der Waals surface area contributed by atoms with Gasteiger partial charge in [0.25, 0.3) is 0 Å². The molecule has 0 heterocycles. The van der Waals surface area contributed by atoms with Crippen LogP contribution in [0.1, 0.15) is 42.1 Å². The number of aldehydes is 1. The number of rotatable bonds is 3. The van der Waals surface area contributed by atoms with Crippen LogP contribution in [0.2, 0.25) is 0 Å². The molecule has 0 aliphatic carbocycles. The summed E-state index contributed by atoms with van der Waals surface area (Å²) in [6.45, 7) is 4.08. The number of aromatic hydroxyl groups is 1. The molecule has 0 saturated heterocycles. The van der Waals surface area contributed by atoms with Gasteiger partial charge in [0.2, 0.25) is 0 Å². The van der Waals surface area contributed by atoms with Crippen molar-refractivity contribution in [3.05, 3.63) is 29.3 Å². The molecule has 0 bridgehead atoms. The van der Waals surface area contributed by atoms with Gasteiger partial charge in [0.1, 0.15) is 5.75 Å². The lowest BCUT2D eigenvalue weighted by Gasteiger charge is -2.11. The smallest absolute Gasteiger partial charge is 0.153 e. The second kappa shape index (κ2) is 4.08. The third kappa shape index (κ3) is 1.89. The van der Waals surface area contributed by atoms with E-state index in [2.05, 4.69) is 6.92 Å². The molecule has 0 aliphatic rings. The molecule has 1 atom stereocenters. The van der Waals surface area contributed by atoms with Crippen LogP contribution < -0.4 is 0 Å². The first-order chi connectivity index (χ1) is 6.20. The highest BCUT2D eigenvalue weighted by Gasteiger charge is 2.10. The van der Waals surface area contributed by atoms with Crippen molar-refractivity contribution in [2.75, 3.05) is 0 Å². The van der Waals surface area contributed by atoms with Crippen LogP contribution in [-0.4, -0.2) is 11.4 Å². The fraction of sp³-hybridized carbons (Fsp3) is 0.364. The molecule has 2 heteroatoms.